The van der Waals surface area contributed by atoms with Crippen LogP contribution in [0.1, 0.15) is 16.8 Å². The summed E-state index contributed by atoms with van der Waals surface area (Å²) in [5, 5.41) is 3.37. The van der Waals surface area contributed by atoms with E-state index in [1.807, 2.05) is 0 Å². The van der Waals surface area contributed by atoms with Crippen molar-refractivity contribution in [3.05, 3.63) is 22.1 Å². The zero-order chi connectivity index (χ0) is 14.1. The van der Waals surface area contributed by atoms with Gasteiger partial charge < -0.3 is 10.2 Å². The van der Waals surface area contributed by atoms with Crippen LogP contribution < -0.4 is 10.9 Å². The van der Waals surface area contributed by atoms with Crippen molar-refractivity contribution in [2.45, 2.75) is 18.1 Å². The van der Waals surface area contributed by atoms with E-state index >= 15 is 0 Å². The number of amides is 2. The fourth-order valence-corrected chi connectivity index (χ4v) is 3.22. The maximum Gasteiger partial charge on any atom is 0.267 e. The third-order valence-electron chi connectivity index (χ3n) is 3.39. The van der Waals surface area contributed by atoms with Gasteiger partial charge in [-0.15, -0.1) is 0 Å². The molecule has 2 aliphatic rings. The number of hydrogen-bond acceptors (Lipinski definition) is 5. The highest BCUT2D eigenvalue weighted by Crippen LogP contribution is 2.20. The van der Waals surface area contributed by atoms with Crippen molar-refractivity contribution in [2.24, 2.45) is 0 Å². The van der Waals surface area contributed by atoms with Gasteiger partial charge in [-0.1, -0.05) is 11.8 Å². The Morgan fingerprint density at radius 3 is 3.00 bits per heavy atom. The highest BCUT2D eigenvalue weighted by molar-refractivity contribution is 7.99. The van der Waals surface area contributed by atoms with E-state index in [-0.39, 0.29) is 29.4 Å². The summed E-state index contributed by atoms with van der Waals surface area (Å²) in [6.45, 7) is 1.76. The predicted molar refractivity (Wildman–Crippen MR) is 72.8 cm³/mol. The quantitative estimate of drug-likeness (QED) is 0.693. The summed E-state index contributed by atoms with van der Waals surface area (Å²) in [5.41, 5.74) is -0.195. The zero-order valence-electron chi connectivity index (χ0n) is 10.8. The van der Waals surface area contributed by atoms with Gasteiger partial charge >= 0.3 is 0 Å². The molecule has 106 valence electrons. The Hall–Kier alpha value is -1.83. The maximum absolute atomic E-state index is 12.4. The average molecular weight is 294 g/mol. The van der Waals surface area contributed by atoms with Crippen LogP contribution in [-0.2, 0) is 11.3 Å². The fourth-order valence-electron chi connectivity index (χ4n) is 2.30. The van der Waals surface area contributed by atoms with E-state index in [4.69, 9.17) is 0 Å². The van der Waals surface area contributed by atoms with Crippen LogP contribution in [0.3, 0.4) is 0 Å². The van der Waals surface area contributed by atoms with E-state index in [1.165, 1.54) is 22.9 Å². The molecule has 1 N–H and O–H groups in total. The molecule has 1 aromatic heterocycles. The van der Waals surface area contributed by atoms with Crippen molar-refractivity contribution in [1.82, 2.24) is 19.8 Å². The molecule has 3 rings (SSSR count). The molecule has 8 heteroatoms. The summed E-state index contributed by atoms with van der Waals surface area (Å²) in [5.74, 6) is 0.397. The van der Waals surface area contributed by atoms with Crippen molar-refractivity contribution in [3.8, 4) is 0 Å². The van der Waals surface area contributed by atoms with Crippen molar-refractivity contribution >= 4 is 23.6 Å². The zero-order valence-corrected chi connectivity index (χ0v) is 11.6. The lowest BCUT2D eigenvalue weighted by Crippen LogP contribution is -2.38. The topological polar surface area (TPSA) is 84.3 Å². The molecule has 0 unspecified atom stereocenters. The van der Waals surface area contributed by atoms with Crippen LogP contribution in [0, 0.1) is 0 Å². The lowest BCUT2D eigenvalue weighted by atomic mass is 10.2. The maximum atomic E-state index is 12.4. The number of rotatable bonds is 1. The molecule has 0 atom stereocenters. The SMILES string of the molecule is O=C1CCN(C(=O)c2cnc3n(c2=O)CCS3)CCN1. The van der Waals surface area contributed by atoms with Crippen LogP contribution >= 0.6 is 11.8 Å². The third-order valence-corrected chi connectivity index (χ3v) is 4.36. The largest absolute Gasteiger partial charge is 0.354 e. The molecule has 0 spiro atoms. The molecule has 0 bridgehead atoms. The van der Waals surface area contributed by atoms with Gasteiger partial charge in [0.05, 0.1) is 0 Å². The van der Waals surface area contributed by atoms with E-state index < -0.39 is 0 Å². The van der Waals surface area contributed by atoms with Gasteiger partial charge in [-0.05, 0) is 0 Å². The highest BCUT2D eigenvalue weighted by atomic mass is 32.2. The summed E-state index contributed by atoms with van der Waals surface area (Å²) in [4.78, 5) is 41.7. The van der Waals surface area contributed by atoms with Crippen LogP contribution in [0.2, 0.25) is 0 Å². The Bertz CT molecular complexity index is 628. The van der Waals surface area contributed by atoms with Gasteiger partial charge in [0, 0.05) is 44.5 Å². The van der Waals surface area contributed by atoms with Crippen molar-refractivity contribution in [3.63, 3.8) is 0 Å². The van der Waals surface area contributed by atoms with E-state index in [9.17, 15) is 14.4 Å². The van der Waals surface area contributed by atoms with Crippen molar-refractivity contribution < 1.29 is 9.59 Å². The number of hydrogen-bond donors (Lipinski definition) is 1. The van der Waals surface area contributed by atoms with E-state index in [2.05, 4.69) is 10.3 Å². The van der Waals surface area contributed by atoms with Crippen LogP contribution in [-0.4, -0.2) is 51.7 Å². The molecule has 7 nitrogen and oxygen atoms in total. The second kappa shape index (κ2) is 5.28. The van der Waals surface area contributed by atoms with Crippen LogP contribution in [0.25, 0.3) is 0 Å². The van der Waals surface area contributed by atoms with Gasteiger partial charge in [0.1, 0.15) is 5.56 Å². The summed E-state index contributed by atoms with van der Waals surface area (Å²) >= 11 is 1.51. The number of carbonyl (C=O) groups is 2. The molecule has 3 heterocycles. The molecule has 0 saturated carbocycles. The van der Waals surface area contributed by atoms with Gasteiger partial charge in [0.15, 0.2) is 5.16 Å². The summed E-state index contributed by atoms with van der Waals surface area (Å²) in [6, 6.07) is 0. The minimum Gasteiger partial charge on any atom is -0.354 e. The van der Waals surface area contributed by atoms with E-state index in [0.717, 1.165) is 5.75 Å². The monoisotopic (exact) mass is 294 g/mol. The lowest BCUT2D eigenvalue weighted by Gasteiger charge is -2.19. The van der Waals surface area contributed by atoms with Crippen LogP contribution in [0.15, 0.2) is 16.1 Å². The van der Waals surface area contributed by atoms with Crippen LogP contribution in [0.5, 0.6) is 0 Å². The number of thioether (sulfide) groups is 1. The van der Waals surface area contributed by atoms with E-state index in [0.29, 0.717) is 31.3 Å². The molecule has 0 radical (unpaired) electrons. The highest BCUT2D eigenvalue weighted by Gasteiger charge is 2.25. The van der Waals surface area contributed by atoms with Gasteiger partial charge in [0.2, 0.25) is 5.91 Å². The van der Waals surface area contributed by atoms with Gasteiger partial charge in [-0.2, -0.15) is 0 Å². The van der Waals surface area contributed by atoms with Gasteiger partial charge in [-0.3, -0.25) is 19.0 Å². The molecule has 0 aromatic carbocycles. The third kappa shape index (κ3) is 2.31. The summed E-state index contributed by atoms with van der Waals surface area (Å²) < 4.78 is 1.54. The average Bonchev–Trinajstić information content (AvgIpc) is 2.82. The summed E-state index contributed by atoms with van der Waals surface area (Å²) in [6.07, 6.45) is 1.62. The molecule has 20 heavy (non-hydrogen) atoms. The second-order valence-corrected chi connectivity index (χ2v) is 5.71. The minimum absolute atomic E-state index is 0.0690. The number of carbonyl (C=O) groups excluding carboxylic acids is 2. The molecule has 1 saturated heterocycles. The molecule has 1 aromatic rings. The van der Waals surface area contributed by atoms with E-state index in [1.54, 1.807) is 4.57 Å². The number of fused-ring (bicyclic) bond motifs is 1. The van der Waals surface area contributed by atoms with Gasteiger partial charge in [0.25, 0.3) is 11.5 Å². The number of nitrogens with zero attached hydrogens (tertiary/aromatic N) is 3. The molecule has 1 fully saturated rings. The molecular formula is C12H14N4O3S. The standard InChI is InChI=1S/C12H14N4O3S/c17-9-1-3-15(4-2-13-9)10(18)8-7-14-12-16(11(8)19)5-6-20-12/h7H,1-6H2,(H,13,17). The Morgan fingerprint density at radius 1 is 1.30 bits per heavy atom. The van der Waals surface area contributed by atoms with Crippen molar-refractivity contribution in [2.75, 3.05) is 25.4 Å². The first-order valence-electron chi connectivity index (χ1n) is 6.45. The number of nitrogens with one attached hydrogen (secondary N) is 1. The van der Waals surface area contributed by atoms with Gasteiger partial charge in [-0.25, -0.2) is 4.98 Å². The summed E-state index contributed by atoms with van der Waals surface area (Å²) in [7, 11) is 0. The first kappa shape index (κ1) is 13.2. The Labute approximate surface area is 119 Å². The first-order chi connectivity index (χ1) is 9.66. The molecular weight excluding hydrogens is 280 g/mol. The minimum atomic E-state index is -0.341. The first-order valence-corrected chi connectivity index (χ1v) is 7.44. The fraction of sp³-hybridized carbons (Fsp3) is 0.500. The molecule has 2 amide bonds. The van der Waals surface area contributed by atoms with Crippen molar-refractivity contribution in [1.29, 1.82) is 0 Å². The predicted octanol–water partition coefficient (Wildman–Crippen LogP) is -0.689. The smallest absolute Gasteiger partial charge is 0.267 e. The lowest BCUT2D eigenvalue weighted by molar-refractivity contribution is -0.120. The van der Waals surface area contributed by atoms with Crippen LogP contribution in [0.4, 0.5) is 0 Å². The normalized spacial score (nSPS) is 18.4. The molecule has 2 aliphatic heterocycles. The second-order valence-electron chi connectivity index (χ2n) is 4.65. The Balaban J connectivity index is 1.87. The Kier molecular flexibility index (Phi) is 3.47. The Morgan fingerprint density at radius 2 is 2.15 bits per heavy atom. The number of aromatic nitrogens is 2. The molecule has 0 aliphatic carbocycles.